The zero-order valence-electron chi connectivity index (χ0n) is 17.3. The molecule has 2 heterocycles. The average molecular weight is 551 g/mol. The number of ether oxygens (including phenoxy) is 2. The molecule has 0 spiro atoms. The van der Waals surface area contributed by atoms with Gasteiger partial charge >= 0.3 is 0 Å². The summed E-state index contributed by atoms with van der Waals surface area (Å²) >= 11 is 15.0. The molecule has 0 saturated heterocycles. The predicted octanol–water partition coefficient (Wildman–Crippen LogP) is 5.89. The van der Waals surface area contributed by atoms with Gasteiger partial charge in [-0.25, -0.2) is 14.2 Å². The minimum atomic E-state index is -0.399. The van der Waals surface area contributed by atoms with Crippen LogP contribution in [0.4, 0.5) is 4.39 Å². The van der Waals surface area contributed by atoms with Crippen molar-refractivity contribution >= 4 is 39.7 Å². The van der Waals surface area contributed by atoms with E-state index in [-0.39, 0.29) is 6.61 Å². The topological polar surface area (TPSA) is 77.0 Å². The fourth-order valence-corrected chi connectivity index (χ4v) is 4.13. The van der Waals surface area contributed by atoms with E-state index >= 15 is 0 Å². The Bertz CT molecular complexity index is 1330. The van der Waals surface area contributed by atoms with Gasteiger partial charge in [-0.15, -0.1) is 0 Å². The number of pyridine rings is 1. The number of hydrogen-bond donors (Lipinski definition) is 2. The highest BCUT2D eigenvalue weighted by molar-refractivity contribution is 9.10. The molecule has 0 amide bonds. The molecule has 33 heavy (non-hydrogen) atoms. The van der Waals surface area contributed by atoms with Crippen LogP contribution in [-0.4, -0.2) is 27.0 Å². The molecule has 2 aromatic heterocycles. The lowest BCUT2D eigenvalue weighted by atomic mass is 10.2. The fourth-order valence-electron chi connectivity index (χ4n) is 3.11. The predicted molar refractivity (Wildman–Crippen MR) is 130 cm³/mol. The van der Waals surface area contributed by atoms with E-state index in [1.54, 1.807) is 30.2 Å². The molecule has 4 aromatic rings. The number of halogens is 3. The number of benzene rings is 2. The molecule has 0 aliphatic rings. The molecule has 0 saturated carbocycles. The fraction of sp³-hybridized carbons (Fsp3) is 0.136. The summed E-state index contributed by atoms with van der Waals surface area (Å²) in [4.78, 5) is 4.03. The molecule has 0 fully saturated rings. The Kier molecular flexibility index (Phi) is 7.26. The Morgan fingerprint density at radius 3 is 2.73 bits per heavy atom. The summed E-state index contributed by atoms with van der Waals surface area (Å²) in [6.07, 6.45) is 3.38. The molecule has 0 bridgehead atoms. The molecule has 0 radical (unpaired) electrons. The van der Waals surface area contributed by atoms with E-state index in [0.717, 1.165) is 11.1 Å². The summed E-state index contributed by atoms with van der Waals surface area (Å²) in [5.41, 5.74) is 5.71. The maximum atomic E-state index is 13.3. The zero-order valence-corrected chi connectivity index (χ0v) is 20.5. The van der Waals surface area contributed by atoms with Gasteiger partial charge in [-0.3, -0.25) is 4.98 Å². The van der Waals surface area contributed by atoms with Gasteiger partial charge in [0.25, 0.3) is 0 Å². The van der Waals surface area contributed by atoms with E-state index in [4.69, 9.17) is 33.3 Å². The summed E-state index contributed by atoms with van der Waals surface area (Å²) in [6.45, 7) is 0.593. The smallest absolute Gasteiger partial charge is 0.214 e. The second kappa shape index (κ2) is 10.3. The maximum absolute atomic E-state index is 13.3. The number of H-pyrrole nitrogens is 1. The van der Waals surface area contributed by atoms with Gasteiger partial charge in [0.15, 0.2) is 17.3 Å². The average Bonchev–Trinajstić information content (AvgIpc) is 3.18. The molecule has 0 aliphatic carbocycles. The molecule has 4 rings (SSSR count). The summed E-state index contributed by atoms with van der Waals surface area (Å²) in [5.74, 6) is 1.29. The molecule has 0 aliphatic heterocycles. The van der Waals surface area contributed by atoms with Crippen LogP contribution in [0.2, 0.25) is 5.02 Å². The SMILES string of the molecule is COc1cc(CNn2c(-c3ccncc3)n[nH]c2=S)cc(Br)c1OCc1ccc(F)cc1Cl. The monoisotopic (exact) mass is 549 g/mol. The van der Waals surface area contributed by atoms with E-state index in [2.05, 4.69) is 36.5 Å². The van der Waals surface area contributed by atoms with Crippen molar-refractivity contribution in [2.75, 3.05) is 12.5 Å². The Balaban J connectivity index is 1.52. The van der Waals surface area contributed by atoms with Crippen LogP contribution in [0.1, 0.15) is 11.1 Å². The van der Waals surface area contributed by atoms with E-state index in [1.807, 2.05) is 24.3 Å². The third kappa shape index (κ3) is 5.35. The normalized spacial score (nSPS) is 10.8. The Morgan fingerprint density at radius 2 is 2.00 bits per heavy atom. The highest BCUT2D eigenvalue weighted by Crippen LogP contribution is 2.37. The Morgan fingerprint density at radius 1 is 1.21 bits per heavy atom. The van der Waals surface area contributed by atoms with E-state index in [0.29, 0.717) is 43.7 Å². The third-order valence-electron chi connectivity index (χ3n) is 4.73. The first-order valence-electron chi connectivity index (χ1n) is 9.71. The zero-order chi connectivity index (χ0) is 23.4. The van der Waals surface area contributed by atoms with Crippen LogP contribution < -0.4 is 14.9 Å². The first-order valence-corrected chi connectivity index (χ1v) is 11.3. The van der Waals surface area contributed by atoms with Crippen LogP contribution in [0.3, 0.4) is 0 Å². The molecule has 0 atom stereocenters. The second-order valence-corrected chi connectivity index (χ2v) is 8.54. The Labute approximate surface area is 207 Å². The van der Waals surface area contributed by atoms with Crippen molar-refractivity contribution in [1.82, 2.24) is 19.9 Å². The molecule has 170 valence electrons. The van der Waals surface area contributed by atoms with E-state index < -0.39 is 5.82 Å². The quantitative estimate of drug-likeness (QED) is 0.267. The van der Waals surface area contributed by atoms with Crippen LogP contribution in [0.25, 0.3) is 11.4 Å². The van der Waals surface area contributed by atoms with Gasteiger partial charge in [0.1, 0.15) is 12.4 Å². The van der Waals surface area contributed by atoms with Crippen molar-refractivity contribution in [2.45, 2.75) is 13.2 Å². The van der Waals surface area contributed by atoms with Gasteiger partial charge in [0, 0.05) is 23.5 Å². The minimum Gasteiger partial charge on any atom is -0.493 e. The van der Waals surface area contributed by atoms with Gasteiger partial charge in [-0.1, -0.05) is 17.7 Å². The highest BCUT2D eigenvalue weighted by atomic mass is 79.9. The van der Waals surface area contributed by atoms with Crippen LogP contribution in [0.15, 0.2) is 59.3 Å². The van der Waals surface area contributed by atoms with Gasteiger partial charge in [-0.05, 0) is 70.1 Å². The molecular formula is C22H18BrClFN5O2S. The molecule has 2 N–H and O–H groups in total. The molecule has 7 nitrogen and oxygen atoms in total. The van der Waals surface area contributed by atoms with Crippen molar-refractivity contribution in [3.05, 3.63) is 86.1 Å². The molecule has 2 aromatic carbocycles. The first-order chi connectivity index (χ1) is 16.0. The second-order valence-electron chi connectivity index (χ2n) is 6.89. The largest absolute Gasteiger partial charge is 0.493 e. The van der Waals surface area contributed by atoms with Gasteiger partial charge in [0.05, 0.1) is 23.1 Å². The highest BCUT2D eigenvalue weighted by Gasteiger charge is 2.14. The first kappa shape index (κ1) is 23.2. The summed E-state index contributed by atoms with van der Waals surface area (Å²) in [6, 6.07) is 11.6. The number of nitrogens with zero attached hydrogens (tertiary/aromatic N) is 3. The summed E-state index contributed by atoms with van der Waals surface area (Å²) in [7, 11) is 1.56. The van der Waals surface area contributed by atoms with Crippen molar-refractivity contribution in [1.29, 1.82) is 0 Å². The number of hydrogen-bond acceptors (Lipinski definition) is 6. The lowest BCUT2D eigenvalue weighted by Gasteiger charge is -2.16. The third-order valence-corrected chi connectivity index (χ3v) is 5.94. The number of methoxy groups -OCH3 is 1. The molecule has 0 unspecified atom stereocenters. The van der Waals surface area contributed by atoms with Crippen LogP contribution in [0.5, 0.6) is 11.5 Å². The van der Waals surface area contributed by atoms with E-state index in [9.17, 15) is 4.39 Å². The number of rotatable bonds is 8. The van der Waals surface area contributed by atoms with Gasteiger partial charge in [-0.2, -0.15) is 5.10 Å². The number of nitrogens with one attached hydrogen (secondary N) is 2. The number of aromatic amines is 1. The summed E-state index contributed by atoms with van der Waals surface area (Å²) < 4.78 is 27.6. The lowest BCUT2D eigenvalue weighted by Crippen LogP contribution is -2.16. The van der Waals surface area contributed by atoms with Crippen molar-refractivity contribution in [3.8, 4) is 22.9 Å². The van der Waals surface area contributed by atoms with Crippen molar-refractivity contribution in [2.24, 2.45) is 0 Å². The van der Waals surface area contributed by atoms with Crippen molar-refractivity contribution in [3.63, 3.8) is 0 Å². The standard InChI is InChI=1S/C22H18BrClFN5O2S/c1-31-19-9-13(8-17(23)20(19)32-12-15-2-3-16(25)10-18(15)24)11-27-30-21(28-29-22(30)33)14-4-6-26-7-5-14/h2-10,27H,11-12H2,1H3,(H,29,33). The van der Waals surface area contributed by atoms with E-state index in [1.165, 1.54) is 12.1 Å². The molecular weight excluding hydrogens is 533 g/mol. The van der Waals surface area contributed by atoms with Crippen LogP contribution >= 0.6 is 39.7 Å². The summed E-state index contributed by atoms with van der Waals surface area (Å²) in [5, 5.41) is 7.40. The van der Waals surface area contributed by atoms with Crippen molar-refractivity contribution < 1.29 is 13.9 Å². The van der Waals surface area contributed by atoms with Gasteiger partial charge < -0.3 is 14.9 Å². The van der Waals surface area contributed by atoms with Crippen LogP contribution in [-0.2, 0) is 13.2 Å². The number of aromatic nitrogens is 4. The Hall–Kier alpha value is -2.95. The van der Waals surface area contributed by atoms with Crippen LogP contribution in [0, 0.1) is 10.6 Å². The minimum absolute atomic E-state index is 0.158. The van der Waals surface area contributed by atoms with Gasteiger partial charge in [0.2, 0.25) is 4.77 Å². The lowest BCUT2D eigenvalue weighted by molar-refractivity contribution is 0.282. The molecule has 11 heteroatoms. The maximum Gasteiger partial charge on any atom is 0.214 e.